The van der Waals surface area contributed by atoms with Crippen molar-refractivity contribution in [2.24, 2.45) is 0 Å². The molecule has 2 aliphatic heterocycles. The molecular formula is C19H23N3O2S. The molecule has 2 aromatic heterocycles. The minimum Gasteiger partial charge on any atom is -0.375 e. The van der Waals surface area contributed by atoms with E-state index in [1.54, 1.807) is 11.3 Å². The van der Waals surface area contributed by atoms with Gasteiger partial charge in [-0.25, -0.2) is 0 Å². The first kappa shape index (κ1) is 16.7. The van der Waals surface area contributed by atoms with E-state index in [2.05, 4.69) is 22.0 Å². The van der Waals surface area contributed by atoms with Gasteiger partial charge < -0.3 is 9.64 Å². The van der Waals surface area contributed by atoms with Gasteiger partial charge >= 0.3 is 0 Å². The SMILES string of the molecule is Cc1ccc(C(=O)N2CC[C@@H]3OCCN(Cc4ccncc4)[C@H]3C2)s1. The van der Waals surface area contributed by atoms with Crippen LogP contribution in [-0.2, 0) is 11.3 Å². The number of fused-ring (bicyclic) bond motifs is 1. The summed E-state index contributed by atoms with van der Waals surface area (Å²) < 4.78 is 6.00. The van der Waals surface area contributed by atoms with Crippen LogP contribution in [0.4, 0.5) is 0 Å². The lowest BCUT2D eigenvalue weighted by atomic mass is 9.98. The van der Waals surface area contributed by atoms with Gasteiger partial charge in [-0.2, -0.15) is 0 Å². The van der Waals surface area contributed by atoms with Crippen LogP contribution >= 0.6 is 11.3 Å². The molecule has 6 heteroatoms. The van der Waals surface area contributed by atoms with E-state index in [9.17, 15) is 4.79 Å². The molecule has 2 fully saturated rings. The summed E-state index contributed by atoms with van der Waals surface area (Å²) in [6.07, 6.45) is 4.81. The van der Waals surface area contributed by atoms with Gasteiger partial charge in [0, 0.05) is 43.4 Å². The molecule has 4 heterocycles. The average molecular weight is 357 g/mol. The van der Waals surface area contributed by atoms with E-state index in [1.165, 1.54) is 10.4 Å². The molecule has 0 aliphatic carbocycles. The number of nitrogens with zero attached hydrogens (tertiary/aromatic N) is 3. The normalized spacial score (nSPS) is 24.1. The number of hydrogen-bond acceptors (Lipinski definition) is 5. The number of hydrogen-bond donors (Lipinski definition) is 0. The zero-order valence-corrected chi connectivity index (χ0v) is 15.2. The molecule has 0 aromatic carbocycles. The molecule has 0 unspecified atom stereocenters. The van der Waals surface area contributed by atoms with Crippen LogP contribution in [0, 0.1) is 6.92 Å². The molecule has 2 aliphatic rings. The molecule has 2 aromatic rings. The van der Waals surface area contributed by atoms with Gasteiger partial charge in [-0.1, -0.05) is 0 Å². The van der Waals surface area contributed by atoms with E-state index in [0.29, 0.717) is 0 Å². The standard InChI is InChI=1S/C19H23N3O2S/c1-14-2-3-18(25-14)19(23)22-9-6-17-16(13-22)21(10-11-24-17)12-15-4-7-20-8-5-15/h2-5,7-8,16-17H,6,9-13H2,1H3/t16-,17-/m0/s1. The predicted molar refractivity (Wildman–Crippen MR) is 97.8 cm³/mol. The van der Waals surface area contributed by atoms with E-state index in [1.807, 2.05) is 36.4 Å². The van der Waals surface area contributed by atoms with Crippen LogP contribution in [0.5, 0.6) is 0 Å². The van der Waals surface area contributed by atoms with Gasteiger partial charge in [-0.3, -0.25) is 14.7 Å². The van der Waals surface area contributed by atoms with Crippen molar-refractivity contribution in [1.29, 1.82) is 0 Å². The van der Waals surface area contributed by atoms with Gasteiger partial charge in [0.15, 0.2) is 0 Å². The number of rotatable bonds is 3. The summed E-state index contributed by atoms with van der Waals surface area (Å²) in [7, 11) is 0. The maximum Gasteiger partial charge on any atom is 0.263 e. The zero-order chi connectivity index (χ0) is 17.2. The predicted octanol–water partition coefficient (Wildman–Crippen LogP) is 2.57. The number of likely N-dealkylation sites (tertiary alicyclic amines) is 1. The van der Waals surface area contributed by atoms with E-state index in [-0.39, 0.29) is 18.1 Å². The molecular weight excluding hydrogens is 334 g/mol. The third-order valence-corrected chi connectivity index (χ3v) is 6.06. The highest BCUT2D eigenvalue weighted by Gasteiger charge is 2.38. The van der Waals surface area contributed by atoms with E-state index < -0.39 is 0 Å². The summed E-state index contributed by atoms with van der Waals surface area (Å²) in [5.74, 6) is 0.158. The van der Waals surface area contributed by atoms with Crippen LogP contribution < -0.4 is 0 Å². The molecule has 2 atom stereocenters. The Labute approximate surface area is 152 Å². The van der Waals surface area contributed by atoms with Crippen molar-refractivity contribution in [1.82, 2.24) is 14.8 Å². The Bertz CT molecular complexity index is 733. The minimum absolute atomic E-state index is 0.158. The van der Waals surface area contributed by atoms with E-state index in [0.717, 1.165) is 44.1 Å². The van der Waals surface area contributed by atoms with E-state index >= 15 is 0 Å². The number of carbonyl (C=O) groups is 1. The molecule has 132 valence electrons. The van der Waals surface area contributed by atoms with Crippen LogP contribution in [0.1, 0.15) is 26.5 Å². The number of morpholine rings is 1. The summed E-state index contributed by atoms with van der Waals surface area (Å²) >= 11 is 1.58. The Hall–Kier alpha value is -1.76. The van der Waals surface area contributed by atoms with Crippen molar-refractivity contribution in [3.05, 3.63) is 52.0 Å². The minimum atomic E-state index is 0.158. The average Bonchev–Trinajstić information content (AvgIpc) is 3.08. The highest BCUT2D eigenvalue weighted by molar-refractivity contribution is 7.13. The fourth-order valence-electron chi connectivity index (χ4n) is 3.75. The summed E-state index contributed by atoms with van der Waals surface area (Å²) in [5.41, 5.74) is 1.26. The molecule has 4 rings (SSSR count). The van der Waals surface area contributed by atoms with Gasteiger partial charge in [0.05, 0.1) is 23.6 Å². The van der Waals surface area contributed by atoms with Crippen molar-refractivity contribution < 1.29 is 9.53 Å². The maximum absolute atomic E-state index is 12.8. The highest BCUT2D eigenvalue weighted by atomic mass is 32.1. The zero-order valence-electron chi connectivity index (χ0n) is 14.4. The smallest absolute Gasteiger partial charge is 0.263 e. The number of carbonyl (C=O) groups excluding carboxylic acids is 1. The Balaban J connectivity index is 1.48. The van der Waals surface area contributed by atoms with Crippen molar-refractivity contribution in [3.8, 4) is 0 Å². The van der Waals surface area contributed by atoms with Crippen LogP contribution in [-0.4, -0.2) is 59.1 Å². The first-order valence-electron chi connectivity index (χ1n) is 8.81. The molecule has 0 bridgehead atoms. The fourth-order valence-corrected chi connectivity index (χ4v) is 4.59. The van der Waals surface area contributed by atoms with Gasteiger partial charge in [0.2, 0.25) is 0 Å². The van der Waals surface area contributed by atoms with Crippen LogP contribution in [0.15, 0.2) is 36.7 Å². The molecule has 0 N–H and O–H groups in total. The summed E-state index contributed by atoms with van der Waals surface area (Å²) in [5, 5.41) is 0. The van der Waals surface area contributed by atoms with Gasteiger partial charge in [-0.15, -0.1) is 11.3 Å². The van der Waals surface area contributed by atoms with Gasteiger partial charge in [-0.05, 0) is 43.2 Å². The van der Waals surface area contributed by atoms with Gasteiger partial charge in [0.1, 0.15) is 0 Å². The summed E-state index contributed by atoms with van der Waals surface area (Å²) in [4.78, 5) is 23.4. The first-order chi connectivity index (χ1) is 12.2. The van der Waals surface area contributed by atoms with Crippen LogP contribution in [0.3, 0.4) is 0 Å². The summed E-state index contributed by atoms with van der Waals surface area (Å²) in [6, 6.07) is 8.35. The lowest BCUT2D eigenvalue weighted by molar-refractivity contribution is -0.101. The lowest BCUT2D eigenvalue weighted by Gasteiger charge is -2.47. The number of pyridine rings is 1. The Morgan fingerprint density at radius 3 is 2.88 bits per heavy atom. The first-order valence-corrected chi connectivity index (χ1v) is 9.62. The highest BCUT2D eigenvalue weighted by Crippen LogP contribution is 2.26. The molecule has 1 amide bonds. The van der Waals surface area contributed by atoms with Crippen molar-refractivity contribution in [2.45, 2.75) is 32.0 Å². The number of amides is 1. The number of aromatic nitrogens is 1. The fraction of sp³-hybridized carbons (Fsp3) is 0.474. The number of piperidine rings is 1. The van der Waals surface area contributed by atoms with Crippen molar-refractivity contribution in [3.63, 3.8) is 0 Å². The molecule has 2 saturated heterocycles. The van der Waals surface area contributed by atoms with E-state index in [4.69, 9.17) is 4.74 Å². The molecule has 5 nitrogen and oxygen atoms in total. The molecule has 0 saturated carbocycles. The quantitative estimate of drug-likeness (QED) is 0.847. The largest absolute Gasteiger partial charge is 0.375 e. The second-order valence-electron chi connectivity index (χ2n) is 6.75. The third-order valence-electron chi connectivity index (χ3n) is 5.07. The molecule has 25 heavy (non-hydrogen) atoms. The second-order valence-corrected chi connectivity index (χ2v) is 8.04. The third kappa shape index (κ3) is 3.61. The topological polar surface area (TPSA) is 45.7 Å². The number of thiophene rings is 1. The molecule has 0 radical (unpaired) electrons. The molecule has 0 spiro atoms. The van der Waals surface area contributed by atoms with Crippen molar-refractivity contribution in [2.75, 3.05) is 26.2 Å². The number of aryl methyl sites for hydroxylation is 1. The monoisotopic (exact) mass is 357 g/mol. The van der Waals surface area contributed by atoms with Crippen molar-refractivity contribution >= 4 is 17.2 Å². The number of ether oxygens (including phenoxy) is 1. The lowest BCUT2D eigenvalue weighted by Crippen LogP contribution is -2.60. The van der Waals surface area contributed by atoms with Crippen LogP contribution in [0.2, 0.25) is 0 Å². The second kappa shape index (κ2) is 7.23. The summed E-state index contributed by atoms with van der Waals surface area (Å²) in [6.45, 7) is 6.12. The Morgan fingerprint density at radius 1 is 1.28 bits per heavy atom. The Morgan fingerprint density at radius 2 is 2.12 bits per heavy atom. The maximum atomic E-state index is 12.8. The van der Waals surface area contributed by atoms with Crippen LogP contribution in [0.25, 0.3) is 0 Å². The Kier molecular flexibility index (Phi) is 4.83. The van der Waals surface area contributed by atoms with Gasteiger partial charge in [0.25, 0.3) is 5.91 Å².